The summed E-state index contributed by atoms with van der Waals surface area (Å²) in [4.78, 5) is 22.5. The molecule has 0 bridgehead atoms. The van der Waals surface area contributed by atoms with Crippen LogP contribution in [0, 0.1) is 0 Å². The molecule has 2 aromatic rings. The summed E-state index contributed by atoms with van der Waals surface area (Å²) >= 11 is 5.75. The molecular weight excluding hydrogens is 254 g/mol. The summed E-state index contributed by atoms with van der Waals surface area (Å²) in [6.07, 6.45) is 0. The zero-order valence-corrected chi connectivity index (χ0v) is 10.1. The van der Waals surface area contributed by atoms with E-state index in [4.69, 9.17) is 11.6 Å². The molecule has 0 aliphatic rings. The number of amides is 1. The molecule has 0 aliphatic heterocycles. The van der Waals surface area contributed by atoms with E-state index in [1.165, 1.54) is 12.1 Å². The number of halogens is 1. The SMILES string of the molecule is O=C(NCc1ccc(Cl)cc1)c1ccc(=O)[nH]n1. The number of hydrogen-bond donors (Lipinski definition) is 2. The number of carbonyl (C=O) groups excluding carboxylic acids is 1. The Balaban J connectivity index is 1.98. The molecule has 1 aromatic heterocycles. The molecule has 0 saturated carbocycles. The fraction of sp³-hybridized carbons (Fsp3) is 0.0833. The molecule has 0 fully saturated rings. The second-order valence-electron chi connectivity index (χ2n) is 3.62. The average molecular weight is 264 g/mol. The number of benzene rings is 1. The molecule has 18 heavy (non-hydrogen) atoms. The molecule has 6 heteroatoms. The van der Waals surface area contributed by atoms with Gasteiger partial charge in [0.15, 0.2) is 0 Å². The summed E-state index contributed by atoms with van der Waals surface area (Å²) in [5.74, 6) is -0.346. The first-order valence-electron chi connectivity index (χ1n) is 5.23. The molecule has 1 aromatic carbocycles. The Bertz CT molecular complexity index is 587. The lowest BCUT2D eigenvalue weighted by atomic mass is 10.2. The second-order valence-corrected chi connectivity index (χ2v) is 4.05. The van der Waals surface area contributed by atoms with E-state index in [9.17, 15) is 9.59 Å². The average Bonchev–Trinajstić information content (AvgIpc) is 2.38. The van der Waals surface area contributed by atoms with Crippen LogP contribution in [-0.2, 0) is 6.54 Å². The number of aromatic amines is 1. The topological polar surface area (TPSA) is 74.8 Å². The Hall–Kier alpha value is -2.14. The standard InChI is InChI=1S/C12H10ClN3O2/c13-9-3-1-8(2-4-9)7-14-12(18)10-5-6-11(17)16-15-10/h1-6H,7H2,(H,14,18)(H,16,17). The van der Waals surface area contributed by atoms with Crippen molar-refractivity contribution in [2.24, 2.45) is 0 Å². The van der Waals surface area contributed by atoms with Gasteiger partial charge in [-0.3, -0.25) is 9.59 Å². The van der Waals surface area contributed by atoms with Crippen molar-refractivity contribution in [2.45, 2.75) is 6.54 Å². The van der Waals surface area contributed by atoms with Gasteiger partial charge < -0.3 is 5.32 Å². The van der Waals surface area contributed by atoms with Crippen LogP contribution in [0.4, 0.5) is 0 Å². The van der Waals surface area contributed by atoms with Crippen LogP contribution in [0.5, 0.6) is 0 Å². The van der Waals surface area contributed by atoms with E-state index in [2.05, 4.69) is 15.5 Å². The number of rotatable bonds is 3. The molecular formula is C12H10ClN3O2. The minimum Gasteiger partial charge on any atom is -0.347 e. The van der Waals surface area contributed by atoms with Crippen LogP contribution in [0.25, 0.3) is 0 Å². The largest absolute Gasteiger partial charge is 0.347 e. The van der Waals surface area contributed by atoms with Crippen molar-refractivity contribution in [1.82, 2.24) is 15.5 Å². The molecule has 0 atom stereocenters. The van der Waals surface area contributed by atoms with Crippen LogP contribution < -0.4 is 10.9 Å². The lowest BCUT2D eigenvalue weighted by Gasteiger charge is -2.04. The van der Waals surface area contributed by atoms with Crippen LogP contribution in [0.15, 0.2) is 41.2 Å². The smallest absolute Gasteiger partial charge is 0.271 e. The van der Waals surface area contributed by atoms with Gasteiger partial charge in [0.25, 0.3) is 11.5 Å². The van der Waals surface area contributed by atoms with Crippen LogP contribution in [0.2, 0.25) is 5.02 Å². The predicted octanol–water partition coefficient (Wildman–Crippen LogP) is 1.35. The molecule has 0 aliphatic carbocycles. The molecule has 1 heterocycles. The highest BCUT2D eigenvalue weighted by atomic mass is 35.5. The van der Waals surface area contributed by atoms with Gasteiger partial charge in [-0.25, -0.2) is 5.10 Å². The number of hydrogen-bond acceptors (Lipinski definition) is 3. The molecule has 92 valence electrons. The van der Waals surface area contributed by atoms with E-state index in [0.717, 1.165) is 5.56 Å². The summed E-state index contributed by atoms with van der Waals surface area (Å²) in [5, 5.41) is 9.17. The van der Waals surface area contributed by atoms with Crippen molar-refractivity contribution >= 4 is 17.5 Å². The van der Waals surface area contributed by atoms with Gasteiger partial charge in [0, 0.05) is 17.6 Å². The number of carbonyl (C=O) groups is 1. The number of nitrogens with zero attached hydrogens (tertiary/aromatic N) is 1. The van der Waals surface area contributed by atoms with Crippen molar-refractivity contribution in [3.05, 3.63) is 63.0 Å². The highest BCUT2D eigenvalue weighted by molar-refractivity contribution is 6.30. The van der Waals surface area contributed by atoms with Gasteiger partial charge in [0.2, 0.25) is 0 Å². The van der Waals surface area contributed by atoms with Crippen molar-refractivity contribution < 1.29 is 4.79 Å². The van der Waals surface area contributed by atoms with Crippen molar-refractivity contribution in [3.8, 4) is 0 Å². The van der Waals surface area contributed by atoms with E-state index in [-0.39, 0.29) is 17.2 Å². The van der Waals surface area contributed by atoms with Gasteiger partial charge in [0.1, 0.15) is 5.69 Å². The van der Waals surface area contributed by atoms with Crippen molar-refractivity contribution in [1.29, 1.82) is 0 Å². The van der Waals surface area contributed by atoms with Gasteiger partial charge >= 0.3 is 0 Å². The van der Waals surface area contributed by atoms with E-state index >= 15 is 0 Å². The molecule has 5 nitrogen and oxygen atoms in total. The minimum absolute atomic E-state index is 0.170. The minimum atomic E-state index is -0.346. The molecule has 2 N–H and O–H groups in total. The Morgan fingerprint density at radius 3 is 2.56 bits per heavy atom. The fourth-order valence-electron chi connectivity index (χ4n) is 1.35. The first kappa shape index (κ1) is 12.3. The van der Waals surface area contributed by atoms with E-state index in [0.29, 0.717) is 11.6 Å². The first-order chi connectivity index (χ1) is 8.65. The van der Waals surface area contributed by atoms with Crippen LogP contribution >= 0.6 is 11.6 Å². The van der Waals surface area contributed by atoms with Gasteiger partial charge in [-0.15, -0.1) is 0 Å². The number of H-pyrrole nitrogens is 1. The van der Waals surface area contributed by atoms with Crippen LogP contribution in [-0.4, -0.2) is 16.1 Å². The summed E-state index contributed by atoms with van der Waals surface area (Å²) < 4.78 is 0. The maximum absolute atomic E-state index is 11.7. The molecule has 0 unspecified atom stereocenters. The molecule has 1 amide bonds. The highest BCUT2D eigenvalue weighted by Crippen LogP contribution is 2.09. The van der Waals surface area contributed by atoms with Crippen molar-refractivity contribution in [3.63, 3.8) is 0 Å². The normalized spacial score (nSPS) is 10.1. The highest BCUT2D eigenvalue weighted by Gasteiger charge is 2.06. The third kappa shape index (κ3) is 3.18. The first-order valence-corrected chi connectivity index (χ1v) is 5.61. The Morgan fingerprint density at radius 2 is 1.94 bits per heavy atom. The maximum Gasteiger partial charge on any atom is 0.271 e. The van der Waals surface area contributed by atoms with Crippen LogP contribution in [0.3, 0.4) is 0 Å². The monoisotopic (exact) mass is 263 g/mol. The number of nitrogens with one attached hydrogen (secondary N) is 2. The molecule has 2 rings (SSSR count). The summed E-state index contributed by atoms with van der Waals surface area (Å²) in [7, 11) is 0. The number of aromatic nitrogens is 2. The Morgan fingerprint density at radius 1 is 1.22 bits per heavy atom. The lowest BCUT2D eigenvalue weighted by Crippen LogP contribution is -2.25. The van der Waals surface area contributed by atoms with Crippen LogP contribution in [0.1, 0.15) is 16.1 Å². The van der Waals surface area contributed by atoms with Gasteiger partial charge in [0.05, 0.1) is 0 Å². The van der Waals surface area contributed by atoms with Gasteiger partial charge in [-0.2, -0.15) is 5.10 Å². The Labute approximate surface area is 108 Å². The quantitative estimate of drug-likeness (QED) is 0.878. The fourth-order valence-corrected chi connectivity index (χ4v) is 1.47. The summed E-state index contributed by atoms with van der Waals surface area (Å²) in [6.45, 7) is 0.372. The zero-order valence-electron chi connectivity index (χ0n) is 9.31. The third-order valence-corrected chi connectivity index (χ3v) is 2.53. The van der Waals surface area contributed by atoms with Gasteiger partial charge in [-0.05, 0) is 23.8 Å². The maximum atomic E-state index is 11.7. The van der Waals surface area contributed by atoms with Crippen molar-refractivity contribution in [2.75, 3.05) is 0 Å². The molecule has 0 spiro atoms. The zero-order chi connectivity index (χ0) is 13.0. The summed E-state index contributed by atoms with van der Waals surface area (Å²) in [5.41, 5.74) is 0.755. The lowest BCUT2D eigenvalue weighted by molar-refractivity contribution is 0.0945. The second kappa shape index (κ2) is 5.46. The van der Waals surface area contributed by atoms with E-state index < -0.39 is 0 Å². The molecule has 0 saturated heterocycles. The third-order valence-electron chi connectivity index (χ3n) is 2.28. The van der Waals surface area contributed by atoms with E-state index in [1.54, 1.807) is 12.1 Å². The van der Waals surface area contributed by atoms with Gasteiger partial charge in [-0.1, -0.05) is 23.7 Å². The summed E-state index contributed by atoms with van der Waals surface area (Å²) in [6, 6.07) is 9.77. The molecule has 0 radical (unpaired) electrons. The van der Waals surface area contributed by atoms with E-state index in [1.807, 2.05) is 12.1 Å². The Kier molecular flexibility index (Phi) is 3.74. The predicted molar refractivity (Wildman–Crippen MR) is 67.5 cm³/mol.